The highest BCUT2D eigenvalue weighted by Crippen LogP contribution is 2.25. The number of carbonyl (C=O) groups is 1. The van der Waals surface area contributed by atoms with Crippen LogP contribution >= 0.6 is 0 Å². The first-order valence-corrected chi connectivity index (χ1v) is 11.3. The fourth-order valence-electron chi connectivity index (χ4n) is 3.59. The number of nitrogens with one attached hydrogen (secondary N) is 1. The van der Waals surface area contributed by atoms with Gasteiger partial charge in [-0.15, -0.1) is 0 Å². The van der Waals surface area contributed by atoms with Gasteiger partial charge < -0.3 is 5.32 Å². The van der Waals surface area contributed by atoms with Gasteiger partial charge in [-0.2, -0.15) is 4.31 Å². The van der Waals surface area contributed by atoms with Crippen molar-refractivity contribution in [3.63, 3.8) is 0 Å². The van der Waals surface area contributed by atoms with E-state index in [0.29, 0.717) is 18.7 Å². The van der Waals surface area contributed by atoms with Crippen LogP contribution in [0, 0.1) is 0 Å². The Morgan fingerprint density at radius 2 is 1.79 bits per heavy atom. The number of benzene rings is 2. The van der Waals surface area contributed by atoms with Gasteiger partial charge in [-0.05, 0) is 55.5 Å². The Kier molecular flexibility index (Phi) is 6.52. The molecule has 1 aliphatic rings. The van der Waals surface area contributed by atoms with Gasteiger partial charge in [0.15, 0.2) is 0 Å². The van der Waals surface area contributed by atoms with E-state index < -0.39 is 10.0 Å². The first-order valence-electron chi connectivity index (χ1n) is 9.84. The average molecular weight is 401 g/mol. The van der Waals surface area contributed by atoms with Crippen molar-refractivity contribution >= 4 is 15.9 Å². The third kappa shape index (κ3) is 4.62. The molecule has 1 saturated heterocycles. The summed E-state index contributed by atoms with van der Waals surface area (Å²) in [6.07, 6.45) is 2.84. The van der Waals surface area contributed by atoms with Crippen molar-refractivity contribution in [3.05, 3.63) is 65.7 Å². The van der Waals surface area contributed by atoms with Crippen LogP contribution in [0.1, 0.15) is 54.9 Å². The molecular formula is C22H28N2O3S. The van der Waals surface area contributed by atoms with Crippen molar-refractivity contribution in [1.82, 2.24) is 9.62 Å². The quantitative estimate of drug-likeness (QED) is 0.802. The Labute approximate surface area is 167 Å². The summed E-state index contributed by atoms with van der Waals surface area (Å²) in [4.78, 5) is 12.7. The molecule has 0 bridgehead atoms. The van der Waals surface area contributed by atoms with Gasteiger partial charge in [0.2, 0.25) is 10.0 Å². The lowest BCUT2D eigenvalue weighted by Crippen LogP contribution is -2.41. The van der Waals surface area contributed by atoms with Crippen LogP contribution in [0.3, 0.4) is 0 Å². The van der Waals surface area contributed by atoms with E-state index in [4.69, 9.17) is 0 Å². The maximum absolute atomic E-state index is 12.9. The minimum Gasteiger partial charge on any atom is -0.351 e. The zero-order valence-corrected chi connectivity index (χ0v) is 17.3. The van der Waals surface area contributed by atoms with E-state index >= 15 is 0 Å². The summed E-state index contributed by atoms with van der Waals surface area (Å²) >= 11 is 0. The zero-order chi connectivity index (χ0) is 20.1. The monoisotopic (exact) mass is 400 g/mol. The minimum atomic E-state index is -3.51. The van der Waals surface area contributed by atoms with E-state index in [0.717, 1.165) is 19.3 Å². The first-order chi connectivity index (χ1) is 13.4. The van der Waals surface area contributed by atoms with Crippen LogP contribution in [-0.4, -0.2) is 37.8 Å². The van der Waals surface area contributed by atoms with Gasteiger partial charge in [0.05, 0.1) is 4.90 Å². The van der Waals surface area contributed by atoms with Crippen molar-refractivity contribution in [2.45, 2.75) is 50.0 Å². The van der Waals surface area contributed by atoms with Crippen LogP contribution in [0.15, 0.2) is 59.5 Å². The van der Waals surface area contributed by atoms with Crippen LogP contribution < -0.4 is 5.32 Å². The Morgan fingerprint density at radius 3 is 2.43 bits per heavy atom. The summed E-state index contributed by atoms with van der Waals surface area (Å²) < 4.78 is 27.3. The normalized spacial score (nSPS) is 19.1. The molecule has 0 aromatic heterocycles. The van der Waals surface area contributed by atoms with Crippen molar-refractivity contribution in [2.75, 3.05) is 13.1 Å². The largest absolute Gasteiger partial charge is 0.351 e. The maximum Gasteiger partial charge on any atom is 0.251 e. The van der Waals surface area contributed by atoms with Crippen LogP contribution in [0.4, 0.5) is 0 Å². The summed E-state index contributed by atoms with van der Waals surface area (Å²) in [7, 11) is -3.51. The van der Waals surface area contributed by atoms with Crippen molar-refractivity contribution < 1.29 is 13.2 Å². The molecule has 1 amide bonds. The summed E-state index contributed by atoms with van der Waals surface area (Å²) in [6, 6.07) is 16.3. The predicted molar refractivity (Wildman–Crippen MR) is 111 cm³/mol. The lowest BCUT2D eigenvalue weighted by atomic mass is 10.0. The molecule has 28 heavy (non-hydrogen) atoms. The topological polar surface area (TPSA) is 66.5 Å². The van der Waals surface area contributed by atoms with Crippen LogP contribution in [-0.2, 0) is 10.0 Å². The molecule has 2 atom stereocenters. The third-order valence-corrected chi connectivity index (χ3v) is 7.43. The highest BCUT2D eigenvalue weighted by molar-refractivity contribution is 7.89. The highest BCUT2D eigenvalue weighted by Gasteiger charge is 2.30. The average Bonchev–Trinajstić information content (AvgIpc) is 2.72. The molecule has 6 heteroatoms. The number of piperidine rings is 1. The molecule has 0 radical (unpaired) electrons. The van der Waals surface area contributed by atoms with Crippen molar-refractivity contribution in [3.8, 4) is 0 Å². The zero-order valence-electron chi connectivity index (χ0n) is 16.5. The van der Waals surface area contributed by atoms with Crippen LogP contribution in [0.2, 0.25) is 0 Å². The maximum atomic E-state index is 12.9. The van der Waals surface area contributed by atoms with Gasteiger partial charge in [0.25, 0.3) is 5.91 Å². The van der Waals surface area contributed by atoms with Gasteiger partial charge >= 0.3 is 0 Å². The molecule has 1 heterocycles. The van der Waals surface area contributed by atoms with E-state index in [-0.39, 0.29) is 22.8 Å². The Balaban J connectivity index is 1.64. The fraction of sp³-hybridized carbons (Fsp3) is 0.409. The number of amides is 1. The van der Waals surface area contributed by atoms with Crippen molar-refractivity contribution in [1.29, 1.82) is 0 Å². The molecule has 1 aliphatic heterocycles. The summed E-state index contributed by atoms with van der Waals surface area (Å²) in [5, 5.41) is 2.93. The van der Waals surface area contributed by atoms with E-state index in [2.05, 4.69) is 12.2 Å². The van der Waals surface area contributed by atoms with E-state index in [1.807, 2.05) is 37.3 Å². The van der Waals surface area contributed by atoms with E-state index in [1.54, 1.807) is 16.4 Å². The lowest BCUT2D eigenvalue weighted by molar-refractivity contribution is 0.0951. The second-order valence-electron chi connectivity index (χ2n) is 7.51. The number of carbonyl (C=O) groups excluding carboxylic acids is 1. The second kappa shape index (κ2) is 8.88. The first kappa shape index (κ1) is 20.6. The van der Waals surface area contributed by atoms with Gasteiger partial charge in [0.1, 0.15) is 0 Å². The molecule has 0 aliphatic carbocycles. The van der Waals surface area contributed by atoms with Gasteiger partial charge in [-0.1, -0.05) is 43.7 Å². The molecule has 0 saturated carbocycles. The fourth-order valence-corrected chi connectivity index (χ4v) is 5.29. The van der Waals surface area contributed by atoms with Crippen LogP contribution in [0.25, 0.3) is 0 Å². The Bertz CT molecular complexity index is 895. The van der Waals surface area contributed by atoms with E-state index in [1.165, 1.54) is 17.7 Å². The predicted octanol–water partition coefficient (Wildman–Crippen LogP) is 3.78. The summed E-state index contributed by atoms with van der Waals surface area (Å²) in [6.45, 7) is 5.09. The van der Waals surface area contributed by atoms with Crippen LogP contribution in [0.5, 0.6) is 0 Å². The molecule has 150 valence electrons. The summed E-state index contributed by atoms with van der Waals surface area (Å²) in [5.74, 6) is 0.00320. The van der Waals surface area contributed by atoms with Gasteiger partial charge in [-0.25, -0.2) is 8.42 Å². The second-order valence-corrected chi connectivity index (χ2v) is 9.40. The molecule has 0 spiro atoms. The molecule has 5 nitrogen and oxygen atoms in total. The minimum absolute atomic E-state index is 0.0150. The number of hydrogen-bond acceptors (Lipinski definition) is 3. The molecule has 3 rings (SSSR count). The SMILES string of the molecule is C[C@H](CNC(=O)c1ccc(S(=O)(=O)N2CCCC[C@H]2C)cc1)c1ccccc1. The van der Waals surface area contributed by atoms with Gasteiger partial charge in [0, 0.05) is 24.7 Å². The number of hydrogen-bond donors (Lipinski definition) is 1. The molecular weight excluding hydrogens is 372 g/mol. The summed E-state index contributed by atoms with van der Waals surface area (Å²) in [5.41, 5.74) is 1.63. The van der Waals surface area contributed by atoms with E-state index in [9.17, 15) is 13.2 Å². The molecule has 1 fully saturated rings. The molecule has 2 aromatic rings. The van der Waals surface area contributed by atoms with Crippen molar-refractivity contribution in [2.24, 2.45) is 0 Å². The number of rotatable bonds is 6. The Morgan fingerprint density at radius 1 is 1.11 bits per heavy atom. The van der Waals surface area contributed by atoms with Gasteiger partial charge in [-0.3, -0.25) is 4.79 Å². The lowest BCUT2D eigenvalue weighted by Gasteiger charge is -2.32. The molecule has 0 unspecified atom stereocenters. The number of nitrogens with zero attached hydrogens (tertiary/aromatic N) is 1. The standard InChI is InChI=1S/C22H28N2O3S/c1-17(19-9-4-3-5-10-19)16-23-22(25)20-11-13-21(14-12-20)28(26,27)24-15-7-6-8-18(24)2/h3-5,9-14,17-18H,6-8,15-16H2,1-2H3,(H,23,25)/t17-,18-/m1/s1. The smallest absolute Gasteiger partial charge is 0.251 e. The molecule has 2 aromatic carbocycles. The Hall–Kier alpha value is -2.18. The third-order valence-electron chi connectivity index (χ3n) is 5.40. The molecule has 1 N–H and O–H groups in total. The number of sulfonamides is 1. The highest BCUT2D eigenvalue weighted by atomic mass is 32.2.